The first-order valence-electron chi connectivity index (χ1n) is 4.40. The van der Waals surface area contributed by atoms with Gasteiger partial charge in [0.05, 0.1) is 13.3 Å². The van der Waals surface area contributed by atoms with E-state index in [9.17, 15) is 9.90 Å². The average Bonchev–Trinajstić information content (AvgIpc) is 2.24. The van der Waals surface area contributed by atoms with E-state index in [1.807, 2.05) is 0 Å². The van der Waals surface area contributed by atoms with Crippen molar-refractivity contribution in [1.82, 2.24) is 5.43 Å². The van der Waals surface area contributed by atoms with Gasteiger partial charge in [0, 0.05) is 10.0 Å². The fourth-order valence-corrected chi connectivity index (χ4v) is 1.65. The molecule has 0 spiro atoms. The monoisotopic (exact) mass is 286 g/mol. The summed E-state index contributed by atoms with van der Waals surface area (Å²) in [5.74, 6) is 0.124. The molecule has 0 heterocycles. The fourth-order valence-electron chi connectivity index (χ4n) is 1.06. The van der Waals surface area contributed by atoms with Gasteiger partial charge < -0.3 is 9.84 Å². The molecular formula is C10H11BrN2O3. The minimum atomic E-state index is -0.664. The Kier molecular flexibility index (Phi) is 4.30. The summed E-state index contributed by atoms with van der Waals surface area (Å²) in [6.07, 6.45) is 0.673. The highest BCUT2D eigenvalue weighted by Crippen LogP contribution is 2.25. The number of benzene rings is 1. The van der Waals surface area contributed by atoms with Gasteiger partial charge in [-0.15, -0.1) is 0 Å². The van der Waals surface area contributed by atoms with Crippen molar-refractivity contribution in [3.05, 3.63) is 27.7 Å². The van der Waals surface area contributed by atoms with Gasteiger partial charge in [-0.2, -0.15) is 5.10 Å². The largest absolute Gasteiger partial charge is 0.507 e. The number of hydrogen-bond donors (Lipinski definition) is 2. The number of nitrogens with one attached hydrogen (secondary N) is 1. The van der Waals surface area contributed by atoms with E-state index in [1.54, 1.807) is 19.1 Å². The topological polar surface area (TPSA) is 70.9 Å². The molecule has 86 valence electrons. The predicted molar refractivity (Wildman–Crippen MR) is 63.7 cm³/mol. The van der Waals surface area contributed by atoms with Crippen LogP contribution in [-0.2, 0) is 4.74 Å². The Hall–Kier alpha value is -1.56. The molecule has 0 atom stereocenters. The molecule has 0 aliphatic heterocycles. The second-order valence-corrected chi connectivity index (χ2v) is 3.94. The van der Waals surface area contributed by atoms with Crippen LogP contribution in [0, 0.1) is 6.92 Å². The van der Waals surface area contributed by atoms with Crippen LogP contribution < -0.4 is 5.43 Å². The second kappa shape index (κ2) is 5.50. The number of amides is 1. The Morgan fingerprint density at radius 2 is 2.31 bits per heavy atom. The van der Waals surface area contributed by atoms with Crippen molar-refractivity contribution in [3.63, 3.8) is 0 Å². The Morgan fingerprint density at radius 1 is 1.62 bits per heavy atom. The van der Waals surface area contributed by atoms with E-state index < -0.39 is 6.09 Å². The maximum atomic E-state index is 10.7. The number of phenols is 1. The van der Waals surface area contributed by atoms with Crippen molar-refractivity contribution < 1.29 is 14.6 Å². The normalized spacial score (nSPS) is 10.4. The lowest BCUT2D eigenvalue weighted by molar-refractivity contribution is 0.171. The van der Waals surface area contributed by atoms with E-state index >= 15 is 0 Å². The first-order valence-corrected chi connectivity index (χ1v) is 5.20. The summed E-state index contributed by atoms with van der Waals surface area (Å²) in [5.41, 5.74) is 3.35. The molecule has 5 nitrogen and oxygen atoms in total. The Morgan fingerprint density at radius 3 is 2.94 bits per heavy atom. The Balaban J connectivity index is 2.85. The molecular weight excluding hydrogens is 276 g/mol. The maximum Gasteiger partial charge on any atom is 0.427 e. The minimum absolute atomic E-state index is 0.124. The van der Waals surface area contributed by atoms with Crippen molar-refractivity contribution >= 4 is 28.2 Å². The van der Waals surface area contributed by atoms with Crippen LogP contribution >= 0.6 is 15.9 Å². The number of phenolic OH excluding ortho intramolecular Hbond substituents is 1. The highest BCUT2D eigenvalue weighted by molar-refractivity contribution is 9.10. The minimum Gasteiger partial charge on any atom is -0.507 e. The van der Waals surface area contributed by atoms with Gasteiger partial charge in [0.1, 0.15) is 5.75 Å². The van der Waals surface area contributed by atoms with E-state index in [2.05, 4.69) is 31.2 Å². The lowest BCUT2D eigenvalue weighted by Crippen LogP contribution is -2.16. The van der Waals surface area contributed by atoms with Gasteiger partial charge in [0.25, 0.3) is 0 Å². The van der Waals surface area contributed by atoms with E-state index in [0.717, 1.165) is 4.47 Å². The zero-order chi connectivity index (χ0) is 12.1. The van der Waals surface area contributed by atoms with E-state index in [1.165, 1.54) is 13.3 Å². The van der Waals surface area contributed by atoms with Crippen molar-refractivity contribution in [2.24, 2.45) is 5.10 Å². The van der Waals surface area contributed by atoms with Crippen LogP contribution in [0.4, 0.5) is 4.79 Å². The van der Waals surface area contributed by atoms with Crippen LogP contribution in [0.15, 0.2) is 21.7 Å². The number of rotatable bonds is 2. The molecule has 0 unspecified atom stereocenters. The molecule has 1 aromatic rings. The molecule has 16 heavy (non-hydrogen) atoms. The van der Waals surface area contributed by atoms with Crippen LogP contribution in [0.3, 0.4) is 0 Å². The number of ether oxygens (including phenoxy) is 1. The summed E-state index contributed by atoms with van der Waals surface area (Å²) in [5, 5.41) is 13.3. The molecule has 0 aliphatic carbocycles. The van der Waals surface area contributed by atoms with Crippen molar-refractivity contribution in [3.8, 4) is 5.75 Å². The number of hydrogen-bond acceptors (Lipinski definition) is 4. The quantitative estimate of drug-likeness (QED) is 0.646. The molecule has 1 rings (SSSR count). The van der Waals surface area contributed by atoms with Gasteiger partial charge in [-0.1, -0.05) is 15.9 Å². The van der Waals surface area contributed by atoms with Gasteiger partial charge in [-0.25, -0.2) is 10.2 Å². The summed E-state index contributed by atoms with van der Waals surface area (Å²) in [7, 11) is 1.24. The summed E-state index contributed by atoms with van der Waals surface area (Å²) in [6.45, 7) is 1.77. The average molecular weight is 287 g/mol. The molecule has 0 radical (unpaired) electrons. The SMILES string of the molecule is COC(=O)N/N=C/c1cc(Br)cc(C)c1O. The summed E-state index contributed by atoms with van der Waals surface area (Å²) >= 11 is 3.30. The van der Waals surface area contributed by atoms with Crippen molar-refractivity contribution in [1.29, 1.82) is 0 Å². The summed E-state index contributed by atoms with van der Waals surface area (Å²) in [6, 6.07) is 3.46. The zero-order valence-electron chi connectivity index (χ0n) is 8.82. The number of carbonyl (C=O) groups excluding carboxylic acids is 1. The first-order chi connectivity index (χ1) is 7.54. The number of methoxy groups -OCH3 is 1. The molecule has 0 saturated carbocycles. The molecule has 0 saturated heterocycles. The molecule has 1 aromatic carbocycles. The third-order valence-corrected chi connectivity index (χ3v) is 2.30. The molecule has 6 heteroatoms. The van der Waals surface area contributed by atoms with E-state index in [4.69, 9.17) is 0 Å². The van der Waals surface area contributed by atoms with Gasteiger partial charge >= 0.3 is 6.09 Å². The number of aromatic hydroxyl groups is 1. The molecule has 0 fully saturated rings. The standard InChI is InChI=1S/C10H11BrN2O3/c1-6-3-8(11)4-7(9(6)14)5-12-13-10(15)16-2/h3-5,14H,1-2H3,(H,13,15)/b12-5+. The Labute approximate surface area is 101 Å². The highest BCUT2D eigenvalue weighted by atomic mass is 79.9. The lowest BCUT2D eigenvalue weighted by atomic mass is 10.1. The van der Waals surface area contributed by atoms with Gasteiger partial charge in [0.15, 0.2) is 0 Å². The van der Waals surface area contributed by atoms with Crippen molar-refractivity contribution in [2.75, 3.05) is 7.11 Å². The number of nitrogens with zero attached hydrogens (tertiary/aromatic N) is 1. The van der Waals surface area contributed by atoms with Gasteiger partial charge in [-0.05, 0) is 24.6 Å². The van der Waals surface area contributed by atoms with Gasteiger partial charge in [0.2, 0.25) is 0 Å². The third-order valence-electron chi connectivity index (χ3n) is 1.84. The van der Waals surface area contributed by atoms with E-state index in [0.29, 0.717) is 11.1 Å². The summed E-state index contributed by atoms with van der Waals surface area (Å²) in [4.78, 5) is 10.7. The predicted octanol–water partition coefficient (Wildman–Crippen LogP) is 2.15. The lowest BCUT2D eigenvalue weighted by Gasteiger charge is -2.03. The Bertz CT molecular complexity index is 432. The molecule has 0 aliphatic rings. The highest BCUT2D eigenvalue weighted by Gasteiger charge is 2.04. The molecule has 2 N–H and O–H groups in total. The second-order valence-electron chi connectivity index (χ2n) is 3.02. The number of hydrazone groups is 1. The number of aryl methyl sites for hydroxylation is 1. The first kappa shape index (κ1) is 12.5. The molecule has 0 bridgehead atoms. The number of carbonyl (C=O) groups is 1. The van der Waals surface area contributed by atoms with Crippen LogP contribution in [0.5, 0.6) is 5.75 Å². The third kappa shape index (κ3) is 3.23. The fraction of sp³-hybridized carbons (Fsp3) is 0.200. The van der Waals surface area contributed by atoms with Crippen LogP contribution in [-0.4, -0.2) is 24.5 Å². The van der Waals surface area contributed by atoms with Crippen LogP contribution in [0.1, 0.15) is 11.1 Å². The van der Waals surface area contributed by atoms with Gasteiger partial charge in [-0.3, -0.25) is 0 Å². The maximum absolute atomic E-state index is 10.7. The van der Waals surface area contributed by atoms with Crippen LogP contribution in [0.25, 0.3) is 0 Å². The molecule has 1 amide bonds. The smallest absolute Gasteiger partial charge is 0.427 e. The zero-order valence-corrected chi connectivity index (χ0v) is 10.4. The van der Waals surface area contributed by atoms with Crippen molar-refractivity contribution in [2.45, 2.75) is 6.92 Å². The summed E-state index contributed by atoms with van der Waals surface area (Å²) < 4.78 is 5.15. The number of halogens is 1. The van der Waals surface area contributed by atoms with Crippen LogP contribution in [0.2, 0.25) is 0 Å². The molecule has 0 aromatic heterocycles. The van der Waals surface area contributed by atoms with E-state index in [-0.39, 0.29) is 5.75 Å².